The van der Waals surface area contributed by atoms with Gasteiger partial charge in [0.1, 0.15) is 0 Å². The molecule has 4 nitrogen and oxygen atoms in total. The molecule has 8 heteroatoms. The third-order valence-corrected chi connectivity index (χ3v) is 4.85. The van der Waals surface area contributed by atoms with E-state index in [9.17, 15) is 8.42 Å². The quantitative estimate of drug-likeness (QED) is 0.725. The minimum atomic E-state index is -3.34. The van der Waals surface area contributed by atoms with Crippen molar-refractivity contribution in [1.29, 1.82) is 0 Å². The lowest BCUT2D eigenvalue weighted by molar-refractivity contribution is 0.598. The van der Waals surface area contributed by atoms with Crippen LogP contribution < -0.4 is 10.0 Å². The summed E-state index contributed by atoms with van der Waals surface area (Å²) in [5.41, 5.74) is 0.504. The molecule has 0 aliphatic rings. The van der Waals surface area contributed by atoms with E-state index < -0.39 is 10.0 Å². The molecule has 0 unspecified atom stereocenters. The van der Waals surface area contributed by atoms with Gasteiger partial charge in [0.25, 0.3) is 0 Å². The van der Waals surface area contributed by atoms with Crippen LogP contribution in [-0.4, -0.2) is 27.8 Å². The molecular formula is C9H11Br3N2O2S. The van der Waals surface area contributed by atoms with E-state index in [-0.39, 0.29) is 5.75 Å². The van der Waals surface area contributed by atoms with E-state index in [0.717, 1.165) is 4.47 Å². The van der Waals surface area contributed by atoms with E-state index in [4.69, 9.17) is 0 Å². The molecule has 0 bridgehead atoms. The largest absolute Gasteiger partial charge is 0.319 e. The molecule has 1 rings (SSSR count). The average Bonchev–Trinajstić information content (AvgIpc) is 2.21. The van der Waals surface area contributed by atoms with E-state index in [2.05, 4.69) is 57.8 Å². The van der Waals surface area contributed by atoms with Crippen LogP contribution in [0.1, 0.15) is 0 Å². The molecule has 0 aromatic heterocycles. The van der Waals surface area contributed by atoms with E-state index in [1.165, 1.54) is 0 Å². The second kappa shape index (κ2) is 6.51. The van der Waals surface area contributed by atoms with Gasteiger partial charge in [-0.3, -0.25) is 4.72 Å². The molecule has 0 spiro atoms. The van der Waals surface area contributed by atoms with Crippen LogP contribution in [-0.2, 0) is 10.0 Å². The standard InChI is InChI=1S/C9H11Br3N2O2S/c1-13-2-3-17(15,16)14-9-7(11)4-6(10)5-8(9)12/h4-5,13-14H,2-3H2,1H3. The number of hydrogen-bond donors (Lipinski definition) is 2. The fourth-order valence-electron chi connectivity index (χ4n) is 1.08. The number of halogens is 3. The second-order valence-electron chi connectivity index (χ2n) is 3.27. The monoisotopic (exact) mass is 448 g/mol. The fraction of sp³-hybridized carbons (Fsp3) is 0.333. The summed E-state index contributed by atoms with van der Waals surface area (Å²) in [5.74, 6) is 0.0262. The third-order valence-electron chi connectivity index (χ3n) is 1.89. The Morgan fingerprint density at radius 3 is 2.18 bits per heavy atom. The van der Waals surface area contributed by atoms with Crippen molar-refractivity contribution in [3.05, 3.63) is 25.6 Å². The Kier molecular flexibility index (Phi) is 5.91. The van der Waals surface area contributed by atoms with Gasteiger partial charge in [-0.25, -0.2) is 8.42 Å². The zero-order chi connectivity index (χ0) is 13.1. The number of anilines is 1. The number of rotatable bonds is 5. The van der Waals surface area contributed by atoms with Crippen molar-refractivity contribution >= 4 is 63.5 Å². The predicted molar refractivity (Wildman–Crippen MR) is 80.9 cm³/mol. The molecule has 0 aliphatic carbocycles. The highest BCUT2D eigenvalue weighted by Gasteiger charge is 2.14. The summed E-state index contributed by atoms with van der Waals surface area (Å²) in [5, 5.41) is 2.80. The smallest absolute Gasteiger partial charge is 0.234 e. The predicted octanol–water partition coefficient (Wildman–Crippen LogP) is 2.94. The van der Waals surface area contributed by atoms with Crippen molar-refractivity contribution in [2.45, 2.75) is 0 Å². The Balaban J connectivity index is 2.96. The third kappa shape index (κ3) is 4.86. The molecule has 0 saturated carbocycles. The first kappa shape index (κ1) is 15.4. The summed E-state index contributed by atoms with van der Waals surface area (Å²) in [6.07, 6.45) is 0. The minimum absolute atomic E-state index is 0.0262. The molecule has 96 valence electrons. The van der Waals surface area contributed by atoms with Crippen molar-refractivity contribution in [2.24, 2.45) is 0 Å². The molecule has 0 atom stereocenters. The molecule has 0 fully saturated rings. The molecule has 1 aromatic rings. The molecule has 0 radical (unpaired) electrons. The molecule has 2 N–H and O–H groups in total. The first-order valence-electron chi connectivity index (χ1n) is 4.65. The van der Waals surface area contributed by atoms with E-state index >= 15 is 0 Å². The molecule has 1 aromatic carbocycles. The lowest BCUT2D eigenvalue weighted by atomic mass is 10.3. The van der Waals surface area contributed by atoms with Crippen molar-refractivity contribution in [1.82, 2.24) is 5.32 Å². The Hall–Kier alpha value is 0.370. The summed E-state index contributed by atoms with van der Waals surface area (Å²) in [7, 11) is -1.63. The van der Waals surface area contributed by atoms with Crippen LogP contribution in [0.2, 0.25) is 0 Å². The second-order valence-corrected chi connectivity index (χ2v) is 7.74. The van der Waals surface area contributed by atoms with Gasteiger partial charge in [0, 0.05) is 20.0 Å². The number of hydrogen-bond acceptors (Lipinski definition) is 3. The lowest BCUT2D eigenvalue weighted by Gasteiger charge is -2.12. The Morgan fingerprint density at radius 1 is 1.18 bits per heavy atom. The summed E-state index contributed by atoms with van der Waals surface area (Å²) >= 11 is 9.95. The Morgan fingerprint density at radius 2 is 1.71 bits per heavy atom. The number of benzene rings is 1. The summed E-state index contributed by atoms with van der Waals surface area (Å²) in [6.45, 7) is 0.404. The van der Waals surface area contributed by atoms with Crippen LogP contribution in [0.25, 0.3) is 0 Å². The van der Waals surface area contributed by atoms with E-state index in [1.54, 1.807) is 19.2 Å². The van der Waals surface area contributed by atoms with Crippen LogP contribution in [0.3, 0.4) is 0 Å². The number of nitrogens with one attached hydrogen (secondary N) is 2. The molecule has 0 amide bonds. The summed E-state index contributed by atoms with van der Waals surface area (Å²) < 4.78 is 28.2. The van der Waals surface area contributed by atoms with Gasteiger partial charge in [0.15, 0.2) is 0 Å². The normalized spacial score (nSPS) is 11.5. The minimum Gasteiger partial charge on any atom is -0.319 e. The molecule has 0 aliphatic heterocycles. The van der Waals surface area contributed by atoms with Gasteiger partial charge in [0.2, 0.25) is 10.0 Å². The van der Waals surface area contributed by atoms with Gasteiger partial charge >= 0.3 is 0 Å². The maximum absolute atomic E-state index is 11.7. The van der Waals surface area contributed by atoms with Crippen LogP contribution in [0.4, 0.5) is 5.69 Å². The highest BCUT2D eigenvalue weighted by molar-refractivity contribution is 9.11. The maximum Gasteiger partial charge on any atom is 0.234 e. The highest BCUT2D eigenvalue weighted by Crippen LogP contribution is 2.34. The molecule has 0 saturated heterocycles. The Labute approximate surface area is 126 Å². The summed E-state index contributed by atoms with van der Waals surface area (Å²) in [4.78, 5) is 0. The van der Waals surface area contributed by atoms with Crippen LogP contribution >= 0.6 is 47.8 Å². The molecular weight excluding hydrogens is 440 g/mol. The zero-order valence-corrected chi connectivity index (χ0v) is 14.5. The lowest BCUT2D eigenvalue weighted by Crippen LogP contribution is -2.24. The van der Waals surface area contributed by atoms with Crippen molar-refractivity contribution < 1.29 is 8.42 Å². The van der Waals surface area contributed by atoms with E-state index in [1.807, 2.05) is 0 Å². The van der Waals surface area contributed by atoms with Crippen LogP contribution in [0.5, 0.6) is 0 Å². The van der Waals surface area contributed by atoms with Crippen LogP contribution in [0, 0.1) is 0 Å². The molecule has 17 heavy (non-hydrogen) atoms. The summed E-state index contributed by atoms with van der Waals surface area (Å²) in [6, 6.07) is 3.56. The van der Waals surface area contributed by atoms with Crippen molar-refractivity contribution in [3.8, 4) is 0 Å². The van der Waals surface area contributed by atoms with Gasteiger partial charge in [-0.15, -0.1) is 0 Å². The molecule has 0 heterocycles. The number of sulfonamides is 1. The fourth-order valence-corrected chi connectivity index (χ4v) is 4.91. The van der Waals surface area contributed by atoms with Gasteiger partial charge in [-0.05, 0) is 51.0 Å². The maximum atomic E-state index is 11.7. The van der Waals surface area contributed by atoms with Gasteiger partial charge in [0.05, 0.1) is 11.4 Å². The van der Waals surface area contributed by atoms with Gasteiger partial charge in [-0.2, -0.15) is 0 Å². The van der Waals surface area contributed by atoms with E-state index in [0.29, 0.717) is 21.2 Å². The SMILES string of the molecule is CNCCS(=O)(=O)Nc1c(Br)cc(Br)cc1Br. The topological polar surface area (TPSA) is 58.2 Å². The Bertz CT molecular complexity index is 482. The van der Waals surface area contributed by atoms with Crippen molar-refractivity contribution in [2.75, 3.05) is 24.1 Å². The zero-order valence-electron chi connectivity index (χ0n) is 8.93. The van der Waals surface area contributed by atoms with Gasteiger partial charge < -0.3 is 5.32 Å². The van der Waals surface area contributed by atoms with Gasteiger partial charge in [-0.1, -0.05) is 15.9 Å². The first-order valence-corrected chi connectivity index (χ1v) is 8.68. The van der Waals surface area contributed by atoms with Crippen LogP contribution in [0.15, 0.2) is 25.6 Å². The van der Waals surface area contributed by atoms with Crippen molar-refractivity contribution in [3.63, 3.8) is 0 Å². The first-order chi connectivity index (χ1) is 7.85. The highest BCUT2D eigenvalue weighted by atomic mass is 79.9. The average molecular weight is 451 g/mol.